The van der Waals surface area contributed by atoms with Crippen LogP contribution in [-0.4, -0.2) is 57.9 Å². The molecule has 3 rings (SSSR count). The molecular formula is C25H32Cl2FN3O4S. The summed E-state index contributed by atoms with van der Waals surface area (Å²) in [4.78, 5) is 18.6. The van der Waals surface area contributed by atoms with Gasteiger partial charge in [0.2, 0.25) is 10.0 Å². The Morgan fingerprint density at radius 3 is 2.47 bits per heavy atom. The van der Waals surface area contributed by atoms with E-state index in [4.69, 9.17) is 27.9 Å². The largest absolute Gasteiger partial charge is 0.493 e. The number of piperidine rings is 1. The Kier molecular flexibility index (Phi) is 9.60. The predicted molar refractivity (Wildman–Crippen MR) is 142 cm³/mol. The number of sulfonamides is 1. The van der Waals surface area contributed by atoms with Crippen LogP contribution >= 0.6 is 23.2 Å². The van der Waals surface area contributed by atoms with Crippen molar-refractivity contribution in [2.45, 2.75) is 51.5 Å². The minimum absolute atomic E-state index is 0.0228. The van der Waals surface area contributed by atoms with Crippen LogP contribution in [0.3, 0.4) is 0 Å². The van der Waals surface area contributed by atoms with Crippen LogP contribution in [0.1, 0.15) is 61.4 Å². The third kappa shape index (κ3) is 7.78. The lowest BCUT2D eigenvalue weighted by molar-refractivity contribution is 0.0977. The zero-order valence-corrected chi connectivity index (χ0v) is 23.0. The molecule has 2 aliphatic rings. The number of carbonyl (C=O) groups excluding carboxylic acids is 1. The highest BCUT2D eigenvalue weighted by Gasteiger charge is 2.31. The Balaban J connectivity index is 1.64. The second-order valence-corrected chi connectivity index (χ2v) is 12.2. The average molecular weight is 561 g/mol. The van der Waals surface area contributed by atoms with Gasteiger partial charge in [0, 0.05) is 11.1 Å². The summed E-state index contributed by atoms with van der Waals surface area (Å²) in [6.07, 6.45) is 6.11. The molecule has 0 radical (unpaired) electrons. The van der Waals surface area contributed by atoms with E-state index < -0.39 is 21.7 Å². The average Bonchev–Trinajstić information content (AvgIpc) is 3.62. The second kappa shape index (κ2) is 12.1. The minimum Gasteiger partial charge on any atom is -0.493 e. The van der Waals surface area contributed by atoms with Crippen LogP contribution in [0.5, 0.6) is 5.75 Å². The Labute approximate surface area is 222 Å². The van der Waals surface area contributed by atoms with Crippen molar-refractivity contribution in [1.82, 2.24) is 9.62 Å². The summed E-state index contributed by atoms with van der Waals surface area (Å²) in [6.45, 7) is 9.50. The third-order valence-corrected chi connectivity index (χ3v) is 7.42. The lowest BCUT2D eigenvalue weighted by atomic mass is 9.96. The monoisotopic (exact) mass is 559 g/mol. The molecule has 1 aromatic carbocycles. The van der Waals surface area contributed by atoms with E-state index in [2.05, 4.69) is 16.6 Å². The van der Waals surface area contributed by atoms with Crippen molar-refractivity contribution in [2.24, 2.45) is 10.9 Å². The molecule has 7 nitrogen and oxygen atoms in total. The lowest BCUT2D eigenvalue weighted by Gasteiger charge is -2.36. The summed E-state index contributed by atoms with van der Waals surface area (Å²) in [5.41, 5.74) is 1.12. The summed E-state index contributed by atoms with van der Waals surface area (Å²) in [5, 5.41) is 1.04. The number of nitrogens with one attached hydrogen (secondary N) is 1. The fraction of sp³-hybridized carbons (Fsp3) is 0.520. The molecule has 36 heavy (non-hydrogen) atoms. The molecule has 2 fully saturated rings. The Hall–Kier alpha value is -1.94. The minimum atomic E-state index is -3.80. The topological polar surface area (TPSA) is 88.1 Å². The van der Waals surface area contributed by atoms with E-state index >= 15 is 0 Å². The van der Waals surface area contributed by atoms with E-state index in [1.807, 2.05) is 11.6 Å². The van der Waals surface area contributed by atoms with Crippen LogP contribution in [0.25, 0.3) is 0 Å². The Morgan fingerprint density at radius 1 is 1.31 bits per heavy atom. The smallest absolute Gasteiger partial charge is 0.267 e. The van der Waals surface area contributed by atoms with E-state index in [1.54, 1.807) is 13.0 Å². The number of nitrogens with zero attached hydrogens (tertiary/aromatic N) is 2. The molecule has 1 aliphatic heterocycles. The van der Waals surface area contributed by atoms with Crippen molar-refractivity contribution in [3.05, 3.63) is 50.9 Å². The van der Waals surface area contributed by atoms with E-state index in [9.17, 15) is 17.6 Å². The molecule has 1 saturated heterocycles. The van der Waals surface area contributed by atoms with Crippen molar-refractivity contribution < 1.29 is 22.3 Å². The van der Waals surface area contributed by atoms with Crippen LogP contribution in [-0.2, 0) is 10.0 Å². The van der Waals surface area contributed by atoms with Gasteiger partial charge in [-0.15, -0.1) is 0 Å². The molecule has 1 unspecified atom stereocenters. The van der Waals surface area contributed by atoms with Gasteiger partial charge in [0.25, 0.3) is 5.91 Å². The van der Waals surface area contributed by atoms with Gasteiger partial charge in [0.05, 0.1) is 35.2 Å². The van der Waals surface area contributed by atoms with Gasteiger partial charge in [-0.1, -0.05) is 23.2 Å². The number of allylic oxidation sites excluding steroid dienone is 3. The van der Waals surface area contributed by atoms with Crippen molar-refractivity contribution >= 4 is 45.8 Å². The number of benzene rings is 1. The summed E-state index contributed by atoms with van der Waals surface area (Å²) < 4.78 is 45.4. The van der Waals surface area contributed by atoms with Gasteiger partial charge in [-0.05, 0) is 88.9 Å². The van der Waals surface area contributed by atoms with Gasteiger partial charge in [-0.2, -0.15) is 0 Å². The molecule has 1 aromatic rings. The van der Waals surface area contributed by atoms with E-state index in [0.29, 0.717) is 28.1 Å². The molecule has 0 bridgehead atoms. The number of carbonyl (C=O) groups is 1. The van der Waals surface area contributed by atoms with Crippen LogP contribution in [0, 0.1) is 11.7 Å². The first-order chi connectivity index (χ1) is 16.9. The maximum Gasteiger partial charge on any atom is 0.267 e. The summed E-state index contributed by atoms with van der Waals surface area (Å²) in [7, 11) is -3.80. The van der Waals surface area contributed by atoms with Crippen molar-refractivity contribution in [1.29, 1.82) is 0 Å². The third-order valence-electron chi connectivity index (χ3n) is 6.45. The number of hydrogen-bond acceptors (Lipinski definition) is 6. The number of likely N-dealkylation sites (tertiary alicyclic amines) is 1. The van der Waals surface area contributed by atoms with Crippen LogP contribution in [0.2, 0.25) is 0 Å². The van der Waals surface area contributed by atoms with Gasteiger partial charge in [0.1, 0.15) is 11.6 Å². The van der Waals surface area contributed by atoms with E-state index in [0.717, 1.165) is 50.6 Å². The molecule has 1 atom stereocenters. The van der Waals surface area contributed by atoms with Crippen molar-refractivity contribution in [2.75, 3.05) is 26.0 Å². The predicted octanol–water partition coefficient (Wildman–Crippen LogP) is 5.17. The van der Waals surface area contributed by atoms with E-state index in [-0.39, 0.29) is 23.4 Å². The highest BCUT2D eigenvalue weighted by molar-refractivity contribution is 7.89. The summed E-state index contributed by atoms with van der Waals surface area (Å²) >= 11 is 12.3. The first-order valence-corrected chi connectivity index (χ1v) is 14.5. The summed E-state index contributed by atoms with van der Waals surface area (Å²) in [5.74, 6) is -0.919. The highest BCUT2D eigenvalue weighted by Crippen LogP contribution is 2.45. The molecule has 198 valence electrons. The quantitative estimate of drug-likeness (QED) is 0.315. The maximum atomic E-state index is 14.7. The first kappa shape index (κ1) is 28.6. The van der Waals surface area contributed by atoms with Gasteiger partial charge in [-0.3, -0.25) is 14.7 Å². The van der Waals surface area contributed by atoms with E-state index in [1.165, 1.54) is 12.1 Å². The van der Waals surface area contributed by atoms with Gasteiger partial charge >= 0.3 is 0 Å². The SMILES string of the molecule is C=N/C(=C(Cl)\C=C(/C)Cl)C(C)N1CCC(COc2cc(F)c(C(=O)NS(C)(=O)=O)cc2C2CC2)CC1. The second-order valence-electron chi connectivity index (χ2n) is 9.44. The fourth-order valence-corrected chi connectivity index (χ4v) is 5.34. The normalized spacial score (nSPS) is 19.4. The zero-order chi connectivity index (χ0) is 26.6. The number of amides is 1. The number of aliphatic imine (C=N–C) groups is 1. The Morgan fingerprint density at radius 2 is 1.94 bits per heavy atom. The molecule has 1 N–H and O–H groups in total. The molecule has 11 heteroatoms. The lowest BCUT2D eigenvalue weighted by Crippen LogP contribution is -2.41. The van der Waals surface area contributed by atoms with Crippen LogP contribution < -0.4 is 9.46 Å². The summed E-state index contributed by atoms with van der Waals surface area (Å²) in [6, 6.07) is 2.60. The molecule has 0 aromatic heterocycles. The molecule has 1 saturated carbocycles. The van der Waals surface area contributed by atoms with Gasteiger partial charge in [-0.25, -0.2) is 17.5 Å². The molecule has 1 amide bonds. The van der Waals surface area contributed by atoms with Gasteiger partial charge in [0.15, 0.2) is 0 Å². The zero-order valence-electron chi connectivity index (χ0n) is 20.7. The number of halogens is 3. The highest BCUT2D eigenvalue weighted by atomic mass is 35.5. The fourth-order valence-electron chi connectivity index (χ4n) is 4.35. The number of rotatable bonds is 10. The van der Waals surface area contributed by atoms with Crippen molar-refractivity contribution in [3.63, 3.8) is 0 Å². The van der Waals surface area contributed by atoms with Crippen LogP contribution in [0.4, 0.5) is 4.39 Å². The Bertz CT molecular complexity index is 1170. The molecular weight excluding hydrogens is 528 g/mol. The number of ether oxygens (including phenoxy) is 1. The first-order valence-electron chi connectivity index (χ1n) is 11.8. The maximum absolute atomic E-state index is 14.7. The van der Waals surface area contributed by atoms with Crippen molar-refractivity contribution in [3.8, 4) is 5.75 Å². The standard InChI is InChI=1S/C25H32Cl2FN3O4S/c1-15(26)11-21(27)24(29-3)16(2)31-9-7-17(8-10-31)14-35-23-13-22(28)20(12-19(23)18-5-6-18)25(32)30-36(4,33)34/h11-13,16-18H,3,5-10,14H2,1-2,4H3,(H,30,32)/b15-11+,24-21+. The molecule has 1 aliphatic carbocycles. The molecule has 0 spiro atoms. The number of hydrogen-bond donors (Lipinski definition) is 1. The van der Waals surface area contributed by atoms with Crippen LogP contribution in [0.15, 0.2) is 39.0 Å². The van der Waals surface area contributed by atoms with Gasteiger partial charge < -0.3 is 4.74 Å². The molecule has 1 heterocycles.